The molecule has 20 heavy (non-hydrogen) atoms. The van der Waals surface area contributed by atoms with Crippen LogP contribution in [-0.2, 0) is 9.84 Å². The third-order valence-electron chi connectivity index (χ3n) is 4.04. The van der Waals surface area contributed by atoms with Crippen molar-refractivity contribution in [2.45, 2.75) is 18.8 Å². The van der Waals surface area contributed by atoms with Gasteiger partial charge < -0.3 is 10.1 Å². The number of benzene rings is 1. The Morgan fingerprint density at radius 2 is 2.05 bits per heavy atom. The van der Waals surface area contributed by atoms with E-state index in [0.29, 0.717) is 11.5 Å². The zero-order valence-electron chi connectivity index (χ0n) is 12.1. The highest BCUT2D eigenvalue weighted by Gasteiger charge is 2.31. The van der Waals surface area contributed by atoms with Crippen LogP contribution in [0.2, 0.25) is 0 Å². The molecule has 0 bridgehead atoms. The normalized spacial score (nSPS) is 23.2. The summed E-state index contributed by atoms with van der Waals surface area (Å²) in [5.74, 6) is 1.92. The van der Waals surface area contributed by atoms with Gasteiger partial charge in [-0.05, 0) is 43.5 Å². The van der Waals surface area contributed by atoms with Crippen molar-refractivity contribution in [3.63, 3.8) is 0 Å². The SMILES string of the molecule is CNCC(c1ccc(OC)cc1)C1CCCS(=O)(=O)C1. The molecule has 1 fully saturated rings. The second kappa shape index (κ2) is 6.59. The van der Waals surface area contributed by atoms with E-state index < -0.39 is 9.84 Å². The highest BCUT2D eigenvalue weighted by atomic mass is 32.2. The summed E-state index contributed by atoms with van der Waals surface area (Å²) in [5.41, 5.74) is 1.18. The molecule has 1 aliphatic heterocycles. The van der Waals surface area contributed by atoms with E-state index in [1.54, 1.807) is 7.11 Å². The molecular weight excluding hydrogens is 274 g/mol. The highest BCUT2D eigenvalue weighted by molar-refractivity contribution is 7.91. The predicted molar refractivity (Wildman–Crippen MR) is 81.0 cm³/mol. The van der Waals surface area contributed by atoms with Gasteiger partial charge in [0.1, 0.15) is 5.75 Å². The van der Waals surface area contributed by atoms with Gasteiger partial charge in [0.2, 0.25) is 0 Å². The number of hydrogen-bond donors (Lipinski definition) is 1. The van der Waals surface area contributed by atoms with E-state index in [1.807, 2.05) is 31.3 Å². The lowest BCUT2D eigenvalue weighted by molar-refractivity contribution is 0.396. The highest BCUT2D eigenvalue weighted by Crippen LogP contribution is 2.33. The molecule has 4 nitrogen and oxygen atoms in total. The van der Waals surface area contributed by atoms with Gasteiger partial charge in [-0.2, -0.15) is 0 Å². The van der Waals surface area contributed by atoms with Crippen molar-refractivity contribution in [2.24, 2.45) is 5.92 Å². The van der Waals surface area contributed by atoms with Gasteiger partial charge in [0.15, 0.2) is 9.84 Å². The maximum atomic E-state index is 11.9. The molecule has 112 valence electrons. The third kappa shape index (κ3) is 3.73. The molecule has 1 heterocycles. The topological polar surface area (TPSA) is 55.4 Å². The van der Waals surface area contributed by atoms with Crippen molar-refractivity contribution in [2.75, 3.05) is 32.2 Å². The Kier molecular flexibility index (Phi) is 5.05. The smallest absolute Gasteiger partial charge is 0.150 e. The maximum Gasteiger partial charge on any atom is 0.150 e. The van der Waals surface area contributed by atoms with Gasteiger partial charge in [0.05, 0.1) is 18.6 Å². The standard InChI is InChI=1S/C15H23NO3S/c1-16-10-15(12-5-7-14(19-2)8-6-12)13-4-3-9-20(17,18)11-13/h5-8,13,15-16H,3-4,9-11H2,1-2H3. The first-order valence-electron chi connectivity index (χ1n) is 7.04. The first-order valence-corrected chi connectivity index (χ1v) is 8.87. The van der Waals surface area contributed by atoms with Crippen LogP contribution in [-0.4, -0.2) is 40.6 Å². The molecule has 1 aromatic rings. The quantitative estimate of drug-likeness (QED) is 0.901. The largest absolute Gasteiger partial charge is 0.497 e. The molecule has 2 rings (SSSR count). The number of hydrogen-bond acceptors (Lipinski definition) is 4. The van der Waals surface area contributed by atoms with E-state index in [1.165, 1.54) is 5.56 Å². The second-order valence-corrected chi connectivity index (χ2v) is 7.68. The van der Waals surface area contributed by atoms with Crippen LogP contribution in [0.5, 0.6) is 5.75 Å². The van der Waals surface area contributed by atoms with Crippen molar-refractivity contribution in [1.29, 1.82) is 0 Å². The Labute approximate surface area is 121 Å². The molecule has 2 atom stereocenters. The predicted octanol–water partition coefficient (Wildman–Crippen LogP) is 1.82. The summed E-state index contributed by atoms with van der Waals surface area (Å²) in [7, 11) is 0.689. The third-order valence-corrected chi connectivity index (χ3v) is 5.88. The minimum atomic E-state index is -2.87. The lowest BCUT2D eigenvalue weighted by Gasteiger charge is -2.30. The minimum Gasteiger partial charge on any atom is -0.497 e. The van der Waals surface area contributed by atoms with E-state index in [9.17, 15) is 8.42 Å². The zero-order chi connectivity index (χ0) is 14.6. The van der Waals surface area contributed by atoms with Gasteiger partial charge in [0.25, 0.3) is 0 Å². The Bertz CT molecular complexity index is 525. The lowest BCUT2D eigenvalue weighted by Crippen LogP contribution is -2.33. The molecule has 5 heteroatoms. The van der Waals surface area contributed by atoms with Crippen LogP contribution in [0, 0.1) is 5.92 Å². The van der Waals surface area contributed by atoms with Crippen LogP contribution in [0.1, 0.15) is 24.3 Å². The Morgan fingerprint density at radius 3 is 2.60 bits per heavy atom. The first kappa shape index (κ1) is 15.3. The average molecular weight is 297 g/mol. The van der Waals surface area contributed by atoms with Crippen molar-refractivity contribution < 1.29 is 13.2 Å². The van der Waals surface area contributed by atoms with Crippen LogP contribution >= 0.6 is 0 Å². The van der Waals surface area contributed by atoms with Crippen LogP contribution in [0.25, 0.3) is 0 Å². The fraction of sp³-hybridized carbons (Fsp3) is 0.600. The number of nitrogens with one attached hydrogen (secondary N) is 1. The fourth-order valence-electron chi connectivity index (χ4n) is 3.00. The summed E-state index contributed by atoms with van der Waals surface area (Å²) in [4.78, 5) is 0. The summed E-state index contributed by atoms with van der Waals surface area (Å²) in [6, 6.07) is 7.97. The number of sulfone groups is 1. The Morgan fingerprint density at radius 1 is 1.35 bits per heavy atom. The van der Waals surface area contributed by atoms with Crippen LogP contribution in [0.3, 0.4) is 0 Å². The van der Waals surface area contributed by atoms with Gasteiger partial charge in [-0.15, -0.1) is 0 Å². The van der Waals surface area contributed by atoms with Crippen molar-refractivity contribution >= 4 is 9.84 Å². The number of rotatable bonds is 5. The van der Waals surface area contributed by atoms with Gasteiger partial charge in [-0.3, -0.25) is 0 Å². The molecule has 2 unspecified atom stereocenters. The molecule has 1 aromatic carbocycles. The van der Waals surface area contributed by atoms with Crippen molar-refractivity contribution in [1.82, 2.24) is 5.32 Å². The molecular formula is C15H23NO3S. The van der Waals surface area contributed by atoms with E-state index in [2.05, 4.69) is 5.32 Å². The van der Waals surface area contributed by atoms with Crippen LogP contribution in [0.15, 0.2) is 24.3 Å². The second-order valence-electron chi connectivity index (χ2n) is 5.45. The number of likely N-dealkylation sites (N-methyl/N-ethyl adjacent to an activating group) is 1. The van der Waals surface area contributed by atoms with E-state index in [0.717, 1.165) is 25.1 Å². The number of methoxy groups -OCH3 is 1. The van der Waals surface area contributed by atoms with E-state index in [-0.39, 0.29) is 11.8 Å². The van der Waals surface area contributed by atoms with Crippen molar-refractivity contribution in [3.05, 3.63) is 29.8 Å². The summed E-state index contributed by atoms with van der Waals surface area (Å²) >= 11 is 0. The molecule has 1 N–H and O–H groups in total. The Balaban J connectivity index is 2.20. The molecule has 0 aliphatic carbocycles. The van der Waals surface area contributed by atoms with Gasteiger partial charge in [0, 0.05) is 12.5 Å². The summed E-state index contributed by atoms with van der Waals surface area (Å²) in [6.07, 6.45) is 1.76. The summed E-state index contributed by atoms with van der Waals surface area (Å²) in [6.45, 7) is 0.798. The summed E-state index contributed by atoms with van der Waals surface area (Å²) < 4.78 is 28.9. The maximum absolute atomic E-state index is 11.9. The molecule has 0 aromatic heterocycles. The van der Waals surface area contributed by atoms with E-state index in [4.69, 9.17) is 4.74 Å². The monoisotopic (exact) mass is 297 g/mol. The molecule has 0 radical (unpaired) electrons. The minimum absolute atomic E-state index is 0.203. The van der Waals surface area contributed by atoms with Gasteiger partial charge >= 0.3 is 0 Å². The molecule has 0 saturated carbocycles. The van der Waals surface area contributed by atoms with Gasteiger partial charge in [-0.1, -0.05) is 12.1 Å². The Hall–Kier alpha value is -1.07. The fourth-order valence-corrected chi connectivity index (χ4v) is 4.83. The van der Waals surface area contributed by atoms with Crippen LogP contribution in [0.4, 0.5) is 0 Å². The van der Waals surface area contributed by atoms with Crippen LogP contribution < -0.4 is 10.1 Å². The summed E-state index contributed by atoms with van der Waals surface area (Å²) in [5, 5.41) is 3.19. The average Bonchev–Trinajstić information content (AvgIpc) is 2.44. The van der Waals surface area contributed by atoms with Gasteiger partial charge in [-0.25, -0.2) is 8.42 Å². The molecule has 1 saturated heterocycles. The number of ether oxygens (including phenoxy) is 1. The molecule has 1 aliphatic rings. The van der Waals surface area contributed by atoms with E-state index >= 15 is 0 Å². The van der Waals surface area contributed by atoms with Crippen molar-refractivity contribution in [3.8, 4) is 5.75 Å². The first-order chi connectivity index (χ1) is 9.55. The molecule has 0 spiro atoms. The molecule has 0 amide bonds. The zero-order valence-corrected chi connectivity index (χ0v) is 12.9. The lowest BCUT2D eigenvalue weighted by atomic mass is 9.84.